The van der Waals surface area contributed by atoms with E-state index in [4.69, 9.17) is 0 Å². The molecule has 0 radical (unpaired) electrons. The monoisotopic (exact) mass is 368 g/mol. The fourth-order valence-electron chi connectivity index (χ4n) is 3.52. The number of anilines is 3. The van der Waals surface area contributed by atoms with Crippen LogP contribution < -0.4 is 14.7 Å². The molecule has 0 unspecified atom stereocenters. The molecule has 1 amide bonds. The van der Waals surface area contributed by atoms with Crippen LogP contribution in [0.25, 0.3) is 0 Å². The molecular formula is C18H24N8O. The minimum atomic E-state index is 0.137. The van der Waals surface area contributed by atoms with Crippen molar-refractivity contribution in [3.8, 4) is 0 Å². The van der Waals surface area contributed by atoms with Crippen molar-refractivity contribution in [2.45, 2.75) is 6.92 Å². The van der Waals surface area contributed by atoms with Gasteiger partial charge in [-0.2, -0.15) is 0 Å². The summed E-state index contributed by atoms with van der Waals surface area (Å²) in [6, 6.07) is 3.89. The van der Waals surface area contributed by atoms with Gasteiger partial charge in [-0.25, -0.2) is 19.9 Å². The molecule has 142 valence electrons. The molecule has 4 heterocycles. The maximum atomic E-state index is 11.5. The average molecular weight is 368 g/mol. The summed E-state index contributed by atoms with van der Waals surface area (Å²) in [6.07, 6.45) is 5.18. The van der Waals surface area contributed by atoms with E-state index < -0.39 is 0 Å². The minimum absolute atomic E-state index is 0.137. The molecule has 2 fully saturated rings. The number of amides is 1. The minimum Gasteiger partial charge on any atom is -0.353 e. The van der Waals surface area contributed by atoms with Crippen molar-refractivity contribution in [1.29, 1.82) is 0 Å². The average Bonchev–Trinajstić information content (AvgIpc) is 2.75. The second-order valence-electron chi connectivity index (χ2n) is 6.75. The second-order valence-corrected chi connectivity index (χ2v) is 6.75. The van der Waals surface area contributed by atoms with Crippen molar-refractivity contribution >= 4 is 23.5 Å². The first-order valence-electron chi connectivity index (χ1n) is 9.30. The molecule has 0 bridgehead atoms. The van der Waals surface area contributed by atoms with Gasteiger partial charge in [0.15, 0.2) is 0 Å². The summed E-state index contributed by atoms with van der Waals surface area (Å²) in [6.45, 7) is 8.17. The van der Waals surface area contributed by atoms with Gasteiger partial charge in [0.2, 0.25) is 11.9 Å². The first-order valence-corrected chi connectivity index (χ1v) is 9.30. The summed E-state index contributed by atoms with van der Waals surface area (Å²) in [5.41, 5.74) is 0. The van der Waals surface area contributed by atoms with E-state index in [1.165, 1.54) is 0 Å². The molecule has 27 heavy (non-hydrogen) atoms. The topological polar surface area (TPSA) is 81.6 Å². The Labute approximate surface area is 158 Å². The standard InChI is InChI=1S/C18H24N8O/c1-15(27)23-5-7-24(8-6-23)16-13-17(22-14-21-16)25-9-11-26(12-10-25)18-19-3-2-4-20-18/h2-4,13-14H,5-12H2,1H3. The number of piperazine rings is 2. The van der Waals surface area contributed by atoms with Crippen molar-refractivity contribution in [1.82, 2.24) is 24.8 Å². The molecule has 9 heteroatoms. The van der Waals surface area contributed by atoms with Crippen LogP contribution in [-0.4, -0.2) is 83.1 Å². The van der Waals surface area contributed by atoms with Crippen LogP contribution in [0, 0.1) is 0 Å². The Bertz CT molecular complexity index is 770. The summed E-state index contributed by atoms with van der Waals surface area (Å²) >= 11 is 0. The van der Waals surface area contributed by atoms with Crippen LogP contribution in [0.3, 0.4) is 0 Å². The predicted molar refractivity (Wildman–Crippen MR) is 103 cm³/mol. The van der Waals surface area contributed by atoms with Crippen molar-refractivity contribution in [2.75, 3.05) is 67.1 Å². The van der Waals surface area contributed by atoms with Gasteiger partial charge in [-0.05, 0) is 6.07 Å². The Hall–Kier alpha value is -2.97. The molecule has 0 atom stereocenters. The normalized spacial score (nSPS) is 18.0. The maximum Gasteiger partial charge on any atom is 0.225 e. The Balaban J connectivity index is 1.38. The number of hydrogen-bond acceptors (Lipinski definition) is 8. The van der Waals surface area contributed by atoms with Crippen LogP contribution in [-0.2, 0) is 4.79 Å². The van der Waals surface area contributed by atoms with Crippen LogP contribution in [0.1, 0.15) is 6.92 Å². The number of aromatic nitrogens is 4. The highest BCUT2D eigenvalue weighted by atomic mass is 16.2. The van der Waals surface area contributed by atoms with Crippen molar-refractivity contribution in [2.24, 2.45) is 0 Å². The zero-order valence-electron chi connectivity index (χ0n) is 15.5. The van der Waals surface area contributed by atoms with E-state index in [1.807, 2.05) is 11.0 Å². The fourth-order valence-corrected chi connectivity index (χ4v) is 3.52. The largest absolute Gasteiger partial charge is 0.353 e. The smallest absolute Gasteiger partial charge is 0.225 e. The lowest BCUT2D eigenvalue weighted by atomic mass is 10.3. The van der Waals surface area contributed by atoms with Crippen LogP contribution in [0.5, 0.6) is 0 Å². The molecule has 2 aromatic heterocycles. The van der Waals surface area contributed by atoms with Gasteiger partial charge in [0, 0.05) is 77.7 Å². The van der Waals surface area contributed by atoms with E-state index in [0.717, 1.165) is 69.9 Å². The zero-order chi connectivity index (χ0) is 18.6. The molecule has 0 aromatic carbocycles. The molecule has 2 saturated heterocycles. The lowest BCUT2D eigenvalue weighted by Crippen LogP contribution is -2.49. The summed E-state index contributed by atoms with van der Waals surface area (Å²) in [5.74, 6) is 2.79. The Morgan fingerprint density at radius 3 is 1.85 bits per heavy atom. The third-order valence-electron chi connectivity index (χ3n) is 5.13. The summed E-state index contributed by atoms with van der Waals surface area (Å²) < 4.78 is 0. The highest BCUT2D eigenvalue weighted by molar-refractivity contribution is 5.73. The summed E-state index contributed by atoms with van der Waals surface area (Å²) in [7, 11) is 0. The lowest BCUT2D eigenvalue weighted by molar-refractivity contribution is -0.129. The predicted octanol–water partition coefficient (Wildman–Crippen LogP) is 0.262. The SMILES string of the molecule is CC(=O)N1CCN(c2cc(N3CCN(c4ncccn4)CC3)ncn2)CC1. The highest BCUT2D eigenvalue weighted by Gasteiger charge is 2.23. The molecule has 2 aliphatic rings. The van der Waals surface area contributed by atoms with E-state index in [1.54, 1.807) is 25.6 Å². The maximum absolute atomic E-state index is 11.5. The molecule has 2 aliphatic heterocycles. The third kappa shape index (κ3) is 3.91. The van der Waals surface area contributed by atoms with Gasteiger partial charge in [0.05, 0.1) is 0 Å². The first kappa shape index (κ1) is 17.4. The van der Waals surface area contributed by atoms with Gasteiger partial charge in [-0.15, -0.1) is 0 Å². The molecule has 0 spiro atoms. The van der Waals surface area contributed by atoms with Gasteiger partial charge < -0.3 is 19.6 Å². The van der Waals surface area contributed by atoms with Gasteiger partial charge in [0.25, 0.3) is 0 Å². The molecule has 4 rings (SSSR count). The second kappa shape index (κ2) is 7.73. The number of rotatable bonds is 3. The number of carbonyl (C=O) groups is 1. The molecule has 0 saturated carbocycles. The molecule has 0 N–H and O–H groups in total. The number of hydrogen-bond donors (Lipinski definition) is 0. The highest BCUT2D eigenvalue weighted by Crippen LogP contribution is 2.21. The van der Waals surface area contributed by atoms with Crippen LogP contribution >= 0.6 is 0 Å². The number of carbonyl (C=O) groups excluding carboxylic acids is 1. The van der Waals surface area contributed by atoms with E-state index in [2.05, 4.69) is 40.7 Å². The molecule has 2 aromatic rings. The summed E-state index contributed by atoms with van der Waals surface area (Å²) in [5, 5.41) is 0. The summed E-state index contributed by atoms with van der Waals surface area (Å²) in [4.78, 5) is 37.6. The van der Waals surface area contributed by atoms with E-state index in [0.29, 0.717) is 0 Å². The zero-order valence-corrected chi connectivity index (χ0v) is 15.5. The van der Waals surface area contributed by atoms with Crippen molar-refractivity contribution in [3.05, 3.63) is 30.9 Å². The third-order valence-corrected chi connectivity index (χ3v) is 5.13. The van der Waals surface area contributed by atoms with Crippen LogP contribution in [0.15, 0.2) is 30.9 Å². The van der Waals surface area contributed by atoms with Crippen LogP contribution in [0.4, 0.5) is 17.6 Å². The molecular weight excluding hydrogens is 344 g/mol. The van der Waals surface area contributed by atoms with Crippen LogP contribution in [0.2, 0.25) is 0 Å². The fraction of sp³-hybridized carbons (Fsp3) is 0.500. The van der Waals surface area contributed by atoms with Gasteiger partial charge in [0.1, 0.15) is 18.0 Å². The quantitative estimate of drug-likeness (QED) is 0.763. The van der Waals surface area contributed by atoms with Gasteiger partial charge in [-0.1, -0.05) is 0 Å². The Kier molecular flexibility index (Phi) is 4.99. The molecule has 9 nitrogen and oxygen atoms in total. The first-order chi connectivity index (χ1) is 13.2. The van der Waals surface area contributed by atoms with E-state index in [9.17, 15) is 4.79 Å². The van der Waals surface area contributed by atoms with Crippen molar-refractivity contribution in [3.63, 3.8) is 0 Å². The number of nitrogens with zero attached hydrogens (tertiary/aromatic N) is 8. The van der Waals surface area contributed by atoms with Gasteiger partial charge in [-0.3, -0.25) is 4.79 Å². The lowest BCUT2D eigenvalue weighted by Gasteiger charge is -2.37. The van der Waals surface area contributed by atoms with E-state index >= 15 is 0 Å². The van der Waals surface area contributed by atoms with Crippen molar-refractivity contribution < 1.29 is 4.79 Å². The van der Waals surface area contributed by atoms with Gasteiger partial charge >= 0.3 is 0 Å². The Morgan fingerprint density at radius 2 is 1.30 bits per heavy atom. The van der Waals surface area contributed by atoms with E-state index in [-0.39, 0.29) is 5.91 Å². The molecule has 0 aliphatic carbocycles. The Morgan fingerprint density at radius 1 is 0.778 bits per heavy atom.